The van der Waals surface area contributed by atoms with E-state index < -0.39 is 11.3 Å². The van der Waals surface area contributed by atoms with E-state index in [-0.39, 0.29) is 12.1 Å². The summed E-state index contributed by atoms with van der Waals surface area (Å²) in [5, 5.41) is 0. The van der Waals surface area contributed by atoms with E-state index in [1.165, 1.54) is 0 Å². The predicted octanol–water partition coefficient (Wildman–Crippen LogP) is 4.07. The third kappa shape index (κ3) is 3.50. The summed E-state index contributed by atoms with van der Waals surface area (Å²) in [7, 11) is 0. The average molecular weight is 303 g/mol. The number of hydrogen-bond donors (Lipinski definition) is 0. The molecule has 4 nitrogen and oxygen atoms in total. The van der Waals surface area contributed by atoms with Gasteiger partial charge in [-0.1, -0.05) is 36.9 Å². The van der Waals surface area contributed by atoms with Crippen molar-refractivity contribution in [1.29, 1.82) is 0 Å². The molecule has 0 aromatic heterocycles. The lowest BCUT2D eigenvalue weighted by molar-refractivity contribution is -0.0607. The quantitative estimate of drug-likeness (QED) is 0.826. The monoisotopic (exact) mass is 303 g/mol. The van der Waals surface area contributed by atoms with Crippen molar-refractivity contribution in [2.75, 3.05) is 6.61 Å². The molecule has 2 rings (SSSR count). The van der Waals surface area contributed by atoms with E-state index >= 15 is 0 Å². The van der Waals surface area contributed by atoms with Gasteiger partial charge in [0.2, 0.25) is 0 Å². The number of amides is 1. The minimum absolute atomic E-state index is 0.229. The van der Waals surface area contributed by atoms with Gasteiger partial charge in [-0.15, -0.1) is 0 Å². The Balaban J connectivity index is 2.27. The van der Waals surface area contributed by atoms with E-state index in [1.807, 2.05) is 65.0 Å². The lowest BCUT2D eigenvalue weighted by Gasteiger charge is -2.35. The molecule has 0 spiro atoms. The van der Waals surface area contributed by atoms with Gasteiger partial charge >= 0.3 is 6.09 Å². The Morgan fingerprint density at radius 2 is 1.91 bits per heavy atom. The molecule has 1 aliphatic rings. The number of benzene rings is 1. The first-order valence-corrected chi connectivity index (χ1v) is 7.52. The fraction of sp³-hybridized carbons (Fsp3) is 0.500. The number of carbonyl (C=O) groups is 1. The van der Waals surface area contributed by atoms with Crippen molar-refractivity contribution in [2.45, 2.75) is 52.0 Å². The lowest BCUT2D eigenvalue weighted by Crippen LogP contribution is -2.50. The standard InChI is InChI=1S/C18H25NO3/c1-13(14-10-8-7-9-11-14)15-12-21-18(5,6)19(15)16(20)22-17(2,3)4/h7-11,15H,1,12H2,2-6H3/t15-/m0/s1. The Hall–Kier alpha value is -1.81. The highest BCUT2D eigenvalue weighted by atomic mass is 16.6. The maximum Gasteiger partial charge on any atom is 0.413 e. The molecule has 1 saturated heterocycles. The van der Waals surface area contributed by atoms with Gasteiger partial charge in [0.1, 0.15) is 11.3 Å². The Kier molecular flexibility index (Phi) is 4.34. The van der Waals surface area contributed by atoms with Gasteiger partial charge in [-0.25, -0.2) is 4.79 Å². The van der Waals surface area contributed by atoms with Gasteiger partial charge < -0.3 is 9.47 Å². The Labute approximate surface area is 132 Å². The molecular weight excluding hydrogens is 278 g/mol. The van der Waals surface area contributed by atoms with Crippen LogP contribution in [0, 0.1) is 0 Å². The number of carbonyl (C=O) groups excluding carboxylic acids is 1. The lowest BCUT2D eigenvalue weighted by atomic mass is 9.99. The Bertz CT molecular complexity index is 557. The molecule has 4 heteroatoms. The van der Waals surface area contributed by atoms with Gasteiger partial charge in [0.05, 0.1) is 12.6 Å². The highest BCUT2D eigenvalue weighted by Gasteiger charge is 2.46. The zero-order valence-corrected chi connectivity index (χ0v) is 14.1. The molecular formula is C18H25NO3. The van der Waals surface area contributed by atoms with Crippen molar-refractivity contribution in [3.63, 3.8) is 0 Å². The summed E-state index contributed by atoms with van der Waals surface area (Å²) in [6, 6.07) is 9.62. The van der Waals surface area contributed by atoms with Gasteiger partial charge in [-0.2, -0.15) is 0 Å². The first-order valence-electron chi connectivity index (χ1n) is 7.52. The summed E-state index contributed by atoms with van der Waals surface area (Å²) in [5.41, 5.74) is 0.596. The highest BCUT2D eigenvalue weighted by molar-refractivity contribution is 5.76. The van der Waals surface area contributed by atoms with Gasteiger partial charge in [0.15, 0.2) is 0 Å². The summed E-state index contributed by atoms with van der Waals surface area (Å²) < 4.78 is 11.3. The van der Waals surface area contributed by atoms with Crippen LogP contribution in [0.3, 0.4) is 0 Å². The average Bonchev–Trinajstić information content (AvgIpc) is 2.72. The molecule has 1 amide bonds. The van der Waals surface area contributed by atoms with Crippen LogP contribution in [0.1, 0.15) is 40.2 Å². The second-order valence-electron chi connectivity index (χ2n) is 7.02. The van der Waals surface area contributed by atoms with Crippen LogP contribution in [0.15, 0.2) is 36.9 Å². The van der Waals surface area contributed by atoms with Gasteiger partial charge in [0.25, 0.3) is 0 Å². The molecule has 0 saturated carbocycles. The number of rotatable bonds is 2. The van der Waals surface area contributed by atoms with Crippen molar-refractivity contribution in [2.24, 2.45) is 0 Å². The molecule has 0 aliphatic carbocycles. The second-order valence-corrected chi connectivity index (χ2v) is 7.02. The molecule has 0 unspecified atom stereocenters. The summed E-state index contributed by atoms with van der Waals surface area (Å²) >= 11 is 0. The molecule has 0 bridgehead atoms. The first kappa shape index (κ1) is 16.6. The minimum Gasteiger partial charge on any atom is -0.444 e. The molecule has 1 heterocycles. The van der Waals surface area contributed by atoms with Gasteiger partial charge in [0, 0.05) is 0 Å². The van der Waals surface area contributed by atoms with Crippen molar-refractivity contribution < 1.29 is 14.3 Å². The number of hydrogen-bond acceptors (Lipinski definition) is 3. The van der Waals surface area contributed by atoms with Crippen LogP contribution in [-0.2, 0) is 9.47 Å². The third-order valence-electron chi connectivity index (χ3n) is 3.62. The normalized spacial score (nSPS) is 20.8. The van der Waals surface area contributed by atoms with Crippen LogP contribution in [0.4, 0.5) is 4.79 Å². The maximum absolute atomic E-state index is 12.6. The Morgan fingerprint density at radius 1 is 1.32 bits per heavy atom. The fourth-order valence-corrected chi connectivity index (χ4v) is 2.56. The SMILES string of the molecule is C=C(c1ccccc1)[C@@H]1COC(C)(C)N1C(=O)OC(C)(C)C. The van der Waals surface area contributed by atoms with Crippen LogP contribution in [0.25, 0.3) is 5.57 Å². The molecule has 1 fully saturated rings. The first-order chi connectivity index (χ1) is 10.1. The zero-order chi connectivity index (χ0) is 16.5. The van der Waals surface area contributed by atoms with E-state index in [2.05, 4.69) is 6.58 Å². The van der Waals surface area contributed by atoms with Gasteiger partial charge in [-0.05, 0) is 45.8 Å². The molecule has 0 radical (unpaired) electrons. The van der Waals surface area contributed by atoms with E-state index in [4.69, 9.17) is 9.47 Å². The van der Waals surface area contributed by atoms with Crippen molar-refractivity contribution >= 4 is 11.7 Å². The van der Waals surface area contributed by atoms with E-state index in [0.29, 0.717) is 6.61 Å². The summed E-state index contributed by atoms with van der Waals surface area (Å²) in [6.07, 6.45) is -0.378. The molecule has 120 valence electrons. The third-order valence-corrected chi connectivity index (χ3v) is 3.62. The summed E-state index contributed by atoms with van der Waals surface area (Å²) in [4.78, 5) is 14.3. The van der Waals surface area contributed by atoms with Crippen LogP contribution < -0.4 is 0 Å². The minimum atomic E-state index is -0.718. The van der Waals surface area contributed by atoms with Crippen LogP contribution >= 0.6 is 0 Å². The largest absolute Gasteiger partial charge is 0.444 e. The zero-order valence-electron chi connectivity index (χ0n) is 14.1. The van der Waals surface area contributed by atoms with Crippen molar-refractivity contribution in [3.05, 3.63) is 42.5 Å². The topological polar surface area (TPSA) is 38.8 Å². The highest BCUT2D eigenvalue weighted by Crippen LogP contribution is 2.35. The molecule has 1 aromatic rings. The number of ether oxygens (including phenoxy) is 2. The van der Waals surface area contributed by atoms with E-state index in [9.17, 15) is 4.79 Å². The molecule has 1 aromatic carbocycles. The van der Waals surface area contributed by atoms with Crippen molar-refractivity contribution in [3.8, 4) is 0 Å². The maximum atomic E-state index is 12.6. The smallest absolute Gasteiger partial charge is 0.413 e. The fourth-order valence-electron chi connectivity index (χ4n) is 2.56. The molecule has 1 atom stereocenters. The predicted molar refractivity (Wildman–Crippen MR) is 87.4 cm³/mol. The van der Waals surface area contributed by atoms with Crippen LogP contribution in [0.5, 0.6) is 0 Å². The van der Waals surface area contributed by atoms with Crippen LogP contribution in [-0.4, -0.2) is 35.0 Å². The van der Waals surface area contributed by atoms with Gasteiger partial charge in [-0.3, -0.25) is 4.90 Å². The molecule has 1 aliphatic heterocycles. The van der Waals surface area contributed by atoms with Crippen molar-refractivity contribution in [1.82, 2.24) is 4.90 Å². The van der Waals surface area contributed by atoms with E-state index in [0.717, 1.165) is 11.1 Å². The van der Waals surface area contributed by atoms with E-state index in [1.54, 1.807) is 4.90 Å². The van der Waals surface area contributed by atoms with Crippen LogP contribution in [0.2, 0.25) is 0 Å². The molecule has 22 heavy (non-hydrogen) atoms. The Morgan fingerprint density at radius 3 is 2.45 bits per heavy atom. The summed E-state index contributed by atoms with van der Waals surface area (Å²) in [6.45, 7) is 13.9. The second kappa shape index (κ2) is 5.76. The molecule has 0 N–H and O–H groups in total. The number of nitrogens with zero attached hydrogens (tertiary/aromatic N) is 1. The summed E-state index contributed by atoms with van der Waals surface area (Å²) in [5.74, 6) is 0.